The third kappa shape index (κ3) is 6.84. The van der Waals surface area contributed by atoms with Crippen LogP contribution in [0.1, 0.15) is 35.9 Å². The summed E-state index contributed by atoms with van der Waals surface area (Å²) in [5.41, 5.74) is 0.488. The molecule has 0 aliphatic heterocycles. The van der Waals surface area contributed by atoms with Crippen LogP contribution in [0.2, 0.25) is 0 Å². The van der Waals surface area contributed by atoms with Crippen LogP contribution in [0, 0.1) is 12.8 Å². The summed E-state index contributed by atoms with van der Waals surface area (Å²) in [6.45, 7) is 4.60. The molecule has 0 aliphatic rings. The molecule has 2 amide bonds. The van der Waals surface area contributed by atoms with E-state index in [9.17, 15) is 19.2 Å². The molecule has 0 spiro atoms. The Morgan fingerprint density at radius 3 is 2.33 bits per heavy atom. The van der Waals surface area contributed by atoms with Gasteiger partial charge in [0.05, 0.1) is 12.2 Å². The van der Waals surface area contributed by atoms with Gasteiger partial charge in [-0.1, -0.05) is 79.7 Å². The average Bonchev–Trinajstić information content (AvgIpc) is 3.39. The number of benzene rings is 2. The fourth-order valence-corrected chi connectivity index (χ4v) is 3.84. The highest BCUT2D eigenvalue weighted by Gasteiger charge is 2.30. The second kappa shape index (κ2) is 12.6. The Bertz CT molecular complexity index is 1550. The average molecular weight is 545 g/mol. The number of rotatable bonds is 10. The van der Waals surface area contributed by atoms with Crippen LogP contribution < -0.4 is 16.2 Å². The van der Waals surface area contributed by atoms with Gasteiger partial charge in [-0.2, -0.15) is 4.98 Å². The number of hydrogen-bond acceptors (Lipinski definition) is 9. The predicted molar refractivity (Wildman–Crippen MR) is 144 cm³/mol. The van der Waals surface area contributed by atoms with E-state index in [0.717, 1.165) is 10.1 Å². The first kappa shape index (κ1) is 27.9. The first-order valence-corrected chi connectivity index (χ1v) is 12.5. The molecule has 1 atom stereocenters. The monoisotopic (exact) mass is 544 g/mol. The van der Waals surface area contributed by atoms with Gasteiger partial charge in [0, 0.05) is 5.56 Å². The molecule has 12 nitrogen and oxygen atoms in total. The number of hydrogen-bond donors (Lipinski definition) is 2. The van der Waals surface area contributed by atoms with Crippen molar-refractivity contribution in [2.24, 2.45) is 5.92 Å². The summed E-state index contributed by atoms with van der Waals surface area (Å²) in [4.78, 5) is 60.3. The highest BCUT2D eigenvalue weighted by Crippen LogP contribution is 2.17. The Morgan fingerprint density at radius 2 is 1.70 bits per heavy atom. The van der Waals surface area contributed by atoms with Gasteiger partial charge in [-0.25, -0.2) is 9.78 Å². The molecule has 0 bridgehead atoms. The van der Waals surface area contributed by atoms with Gasteiger partial charge in [0.1, 0.15) is 24.7 Å². The minimum atomic E-state index is -0.981. The van der Waals surface area contributed by atoms with Crippen molar-refractivity contribution in [3.63, 3.8) is 0 Å². The summed E-state index contributed by atoms with van der Waals surface area (Å²) >= 11 is 0. The van der Waals surface area contributed by atoms with Crippen molar-refractivity contribution in [1.82, 2.24) is 25.0 Å². The third-order valence-electron chi connectivity index (χ3n) is 5.83. The van der Waals surface area contributed by atoms with Gasteiger partial charge < -0.3 is 14.6 Å². The molecule has 2 heterocycles. The number of nitrogens with zero attached hydrogens (tertiary/aromatic N) is 4. The number of amides is 2. The van der Waals surface area contributed by atoms with Crippen LogP contribution in [0.3, 0.4) is 0 Å². The van der Waals surface area contributed by atoms with Crippen molar-refractivity contribution >= 4 is 23.5 Å². The predicted octanol–water partition coefficient (Wildman–Crippen LogP) is 3.37. The molecule has 4 aromatic rings. The number of ketones is 1. The molecule has 0 aliphatic carbocycles. The molecule has 0 saturated carbocycles. The molecule has 1 unspecified atom stereocenters. The summed E-state index contributed by atoms with van der Waals surface area (Å²) < 4.78 is 11.3. The number of Topliss-reactive ketones (excluding diaryl/α,β-unsaturated/α-hetero) is 1. The van der Waals surface area contributed by atoms with E-state index in [2.05, 4.69) is 25.8 Å². The Balaban J connectivity index is 1.57. The Morgan fingerprint density at radius 1 is 1.02 bits per heavy atom. The van der Waals surface area contributed by atoms with E-state index in [0.29, 0.717) is 5.56 Å². The highest BCUT2D eigenvalue weighted by atomic mass is 16.5. The SMILES string of the molecule is Cc1noc(C(=O)C(NC(=O)Cn2c(-c3ccccc3)ncc(NC(=O)OCc3ccccc3)c2=O)C(C)C)n1. The lowest BCUT2D eigenvalue weighted by Crippen LogP contribution is -2.46. The summed E-state index contributed by atoms with van der Waals surface area (Å²) in [5.74, 6) is -1.24. The minimum absolute atomic E-state index is 0.00296. The van der Waals surface area contributed by atoms with Gasteiger partial charge in [-0.15, -0.1) is 0 Å². The van der Waals surface area contributed by atoms with E-state index in [1.54, 1.807) is 63.2 Å². The van der Waals surface area contributed by atoms with Crippen LogP contribution in [0.25, 0.3) is 11.4 Å². The lowest BCUT2D eigenvalue weighted by Gasteiger charge is -2.20. The maximum Gasteiger partial charge on any atom is 0.412 e. The second-order valence-corrected chi connectivity index (χ2v) is 9.24. The number of aryl methyl sites for hydroxylation is 1. The normalized spacial score (nSPS) is 11.6. The van der Waals surface area contributed by atoms with Crippen molar-refractivity contribution in [3.8, 4) is 11.4 Å². The zero-order valence-electron chi connectivity index (χ0n) is 22.2. The molecule has 12 heteroatoms. The van der Waals surface area contributed by atoms with Gasteiger partial charge >= 0.3 is 6.09 Å². The van der Waals surface area contributed by atoms with Crippen molar-refractivity contribution in [3.05, 3.63) is 94.5 Å². The maximum atomic E-state index is 13.5. The van der Waals surface area contributed by atoms with Gasteiger partial charge in [0.15, 0.2) is 5.82 Å². The van der Waals surface area contributed by atoms with E-state index in [4.69, 9.17) is 9.26 Å². The molecule has 0 saturated heterocycles. The topological polar surface area (TPSA) is 158 Å². The molecule has 206 valence electrons. The number of aromatic nitrogens is 4. The third-order valence-corrected chi connectivity index (χ3v) is 5.83. The van der Waals surface area contributed by atoms with E-state index in [1.807, 2.05) is 18.2 Å². The molecule has 0 fully saturated rings. The van der Waals surface area contributed by atoms with Crippen molar-refractivity contribution in [2.75, 3.05) is 5.32 Å². The van der Waals surface area contributed by atoms with E-state index in [1.165, 1.54) is 6.20 Å². The molecular weight excluding hydrogens is 516 g/mol. The Hall–Kier alpha value is -5.13. The lowest BCUT2D eigenvalue weighted by molar-refractivity contribution is -0.122. The first-order valence-electron chi connectivity index (χ1n) is 12.5. The van der Waals surface area contributed by atoms with Crippen LogP contribution in [0.4, 0.5) is 10.5 Å². The molecule has 2 aromatic heterocycles. The molecular formula is C28H28N6O6. The molecule has 2 aromatic carbocycles. The van der Waals surface area contributed by atoms with Crippen LogP contribution in [0.5, 0.6) is 0 Å². The Labute approximate surface area is 229 Å². The lowest BCUT2D eigenvalue weighted by atomic mass is 9.99. The first-order chi connectivity index (χ1) is 19.2. The molecule has 0 radical (unpaired) electrons. The highest BCUT2D eigenvalue weighted by molar-refractivity contribution is 5.98. The van der Waals surface area contributed by atoms with Crippen LogP contribution in [-0.2, 0) is 22.7 Å². The summed E-state index contributed by atoms with van der Waals surface area (Å²) in [5, 5.41) is 8.69. The summed E-state index contributed by atoms with van der Waals surface area (Å²) in [6, 6.07) is 16.9. The van der Waals surface area contributed by atoms with Gasteiger partial charge in [0.2, 0.25) is 11.7 Å². The van der Waals surface area contributed by atoms with Gasteiger partial charge in [0.25, 0.3) is 11.4 Å². The minimum Gasteiger partial charge on any atom is -0.444 e. The quantitative estimate of drug-likeness (QED) is 0.285. The Kier molecular flexibility index (Phi) is 8.79. The van der Waals surface area contributed by atoms with Crippen LogP contribution >= 0.6 is 0 Å². The number of carbonyl (C=O) groups is 3. The van der Waals surface area contributed by atoms with Gasteiger partial charge in [-0.3, -0.25) is 24.3 Å². The summed E-state index contributed by atoms with van der Waals surface area (Å²) in [7, 11) is 0. The second-order valence-electron chi connectivity index (χ2n) is 9.24. The number of carbonyl (C=O) groups excluding carboxylic acids is 3. The van der Waals surface area contributed by atoms with Crippen molar-refractivity contribution in [2.45, 2.75) is 40.0 Å². The van der Waals surface area contributed by atoms with Crippen molar-refractivity contribution in [1.29, 1.82) is 0 Å². The van der Waals surface area contributed by atoms with Gasteiger partial charge in [-0.05, 0) is 18.4 Å². The molecule has 4 rings (SSSR count). The van der Waals surface area contributed by atoms with Crippen molar-refractivity contribution < 1.29 is 23.6 Å². The van der Waals surface area contributed by atoms with Crippen LogP contribution in [0.15, 0.2) is 76.2 Å². The number of anilines is 1. The fourth-order valence-electron chi connectivity index (χ4n) is 3.84. The smallest absolute Gasteiger partial charge is 0.412 e. The molecule has 2 N–H and O–H groups in total. The standard InChI is InChI=1S/C28H28N6O6/c1-17(2)23(24(36)26-30-18(3)33-40-26)32-22(35)15-34-25(20-12-8-5-9-13-20)29-14-21(27(34)37)31-28(38)39-16-19-10-6-4-7-11-19/h4-14,17,23H,15-16H2,1-3H3,(H,31,38)(H,32,35). The zero-order valence-corrected chi connectivity index (χ0v) is 22.2. The maximum absolute atomic E-state index is 13.5. The summed E-state index contributed by atoms with van der Waals surface area (Å²) in [6.07, 6.45) is 0.354. The van der Waals surface area contributed by atoms with E-state index >= 15 is 0 Å². The molecule has 40 heavy (non-hydrogen) atoms. The number of nitrogens with one attached hydrogen (secondary N) is 2. The van der Waals surface area contributed by atoms with E-state index < -0.39 is 35.9 Å². The zero-order chi connectivity index (χ0) is 28.6. The van der Waals surface area contributed by atoms with E-state index in [-0.39, 0.29) is 35.8 Å². The number of ether oxygens (including phenoxy) is 1. The largest absolute Gasteiger partial charge is 0.444 e. The van der Waals surface area contributed by atoms with Crippen LogP contribution in [-0.4, -0.2) is 43.5 Å². The fraction of sp³-hybridized carbons (Fsp3) is 0.250.